The molecule has 0 fully saturated rings. The standard InChI is InChI=1S/C26H30O2/c1-14(2)19-10-21(16(5)6)25(27)23(12-19)18(9)24-13-20(15(3)4)11-22(17(7)8)26(24)28/h10-13,18,27-28H,1,3,5,7H2,2,4,6,8-9H3. The summed E-state index contributed by atoms with van der Waals surface area (Å²) in [6.07, 6.45) is 0. The van der Waals surface area contributed by atoms with E-state index in [0.29, 0.717) is 11.1 Å². The third-order valence-electron chi connectivity index (χ3n) is 5.12. The van der Waals surface area contributed by atoms with Crippen molar-refractivity contribution in [3.8, 4) is 11.5 Å². The van der Waals surface area contributed by atoms with E-state index >= 15 is 0 Å². The zero-order valence-electron chi connectivity index (χ0n) is 17.6. The molecule has 2 heteroatoms. The molecule has 2 nitrogen and oxygen atoms in total. The number of phenolic OH excluding ortho intramolecular Hbond substituents is 2. The predicted octanol–water partition coefficient (Wildman–Crippen LogP) is 7.38. The quantitative estimate of drug-likeness (QED) is 0.553. The highest BCUT2D eigenvalue weighted by Crippen LogP contribution is 2.43. The average Bonchev–Trinajstić information content (AvgIpc) is 2.60. The molecule has 0 amide bonds. The van der Waals surface area contributed by atoms with Gasteiger partial charge in [0.1, 0.15) is 11.5 Å². The van der Waals surface area contributed by atoms with Crippen molar-refractivity contribution in [3.05, 3.63) is 84.0 Å². The van der Waals surface area contributed by atoms with Crippen LogP contribution in [-0.4, -0.2) is 10.2 Å². The lowest BCUT2D eigenvalue weighted by Crippen LogP contribution is -2.03. The van der Waals surface area contributed by atoms with E-state index in [1.54, 1.807) is 0 Å². The van der Waals surface area contributed by atoms with Gasteiger partial charge >= 0.3 is 0 Å². The summed E-state index contributed by atoms with van der Waals surface area (Å²) < 4.78 is 0. The molecule has 0 bridgehead atoms. The Kier molecular flexibility index (Phi) is 6.04. The SMILES string of the molecule is C=C(C)c1cc(C(=C)C)c(O)c(C(C)c2cc(C(=C)C)cc(C(=C)C)c2O)c1. The normalized spacial score (nSPS) is 10.8. The molecule has 0 aliphatic heterocycles. The lowest BCUT2D eigenvalue weighted by molar-refractivity contribution is 0.455. The van der Waals surface area contributed by atoms with Crippen molar-refractivity contribution in [1.82, 2.24) is 0 Å². The zero-order valence-corrected chi connectivity index (χ0v) is 17.6. The molecular formula is C26H30O2. The van der Waals surface area contributed by atoms with Crippen molar-refractivity contribution in [2.24, 2.45) is 0 Å². The van der Waals surface area contributed by atoms with Crippen LogP contribution in [0.15, 0.2) is 50.6 Å². The molecule has 0 atom stereocenters. The Balaban J connectivity index is 2.81. The van der Waals surface area contributed by atoms with Crippen LogP contribution in [-0.2, 0) is 0 Å². The van der Waals surface area contributed by atoms with Crippen molar-refractivity contribution in [3.63, 3.8) is 0 Å². The second kappa shape index (κ2) is 7.93. The molecular weight excluding hydrogens is 344 g/mol. The molecule has 2 aromatic rings. The van der Waals surface area contributed by atoms with Gasteiger partial charge < -0.3 is 10.2 Å². The number of rotatable bonds is 6. The first-order chi connectivity index (χ1) is 13.0. The third-order valence-corrected chi connectivity index (χ3v) is 5.12. The molecule has 146 valence electrons. The van der Waals surface area contributed by atoms with Crippen molar-refractivity contribution >= 4 is 22.3 Å². The third kappa shape index (κ3) is 3.96. The predicted molar refractivity (Wildman–Crippen MR) is 123 cm³/mol. The maximum Gasteiger partial charge on any atom is 0.126 e. The summed E-state index contributed by atoms with van der Waals surface area (Å²) in [5.41, 5.74) is 8.06. The fourth-order valence-corrected chi connectivity index (χ4v) is 3.28. The van der Waals surface area contributed by atoms with E-state index in [1.807, 2.05) is 58.9 Å². The zero-order chi connectivity index (χ0) is 21.3. The van der Waals surface area contributed by atoms with Gasteiger partial charge in [-0.3, -0.25) is 0 Å². The van der Waals surface area contributed by atoms with E-state index < -0.39 is 0 Å². The Bertz CT molecular complexity index is 924. The Morgan fingerprint density at radius 2 is 0.964 bits per heavy atom. The van der Waals surface area contributed by atoms with Gasteiger partial charge in [0, 0.05) is 28.2 Å². The van der Waals surface area contributed by atoms with Gasteiger partial charge in [-0.2, -0.15) is 0 Å². The van der Waals surface area contributed by atoms with E-state index in [1.165, 1.54) is 0 Å². The molecule has 0 heterocycles. The summed E-state index contributed by atoms with van der Waals surface area (Å²) in [5, 5.41) is 21.9. The molecule has 0 saturated heterocycles. The Labute approximate surface area is 168 Å². The topological polar surface area (TPSA) is 40.5 Å². The van der Waals surface area contributed by atoms with Gasteiger partial charge in [0.25, 0.3) is 0 Å². The van der Waals surface area contributed by atoms with Crippen molar-refractivity contribution in [1.29, 1.82) is 0 Å². The summed E-state index contributed by atoms with van der Waals surface area (Å²) in [4.78, 5) is 0. The number of phenols is 2. The van der Waals surface area contributed by atoms with E-state index in [4.69, 9.17) is 0 Å². The number of allylic oxidation sites excluding steroid dienone is 4. The van der Waals surface area contributed by atoms with Gasteiger partial charge in [-0.25, -0.2) is 0 Å². The van der Waals surface area contributed by atoms with Crippen molar-refractivity contribution < 1.29 is 10.2 Å². The van der Waals surface area contributed by atoms with Crippen LogP contribution < -0.4 is 0 Å². The Morgan fingerprint density at radius 1 is 0.643 bits per heavy atom. The molecule has 0 radical (unpaired) electrons. The average molecular weight is 375 g/mol. The van der Waals surface area contributed by atoms with Crippen LogP contribution in [0.25, 0.3) is 22.3 Å². The van der Waals surface area contributed by atoms with E-state index in [0.717, 1.165) is 44.5 Å². The highest BCUT2D eigenvalue weighted by molar-refractivity contribution is 5.77. The first-order valence-electron chi connectivity index (χ1n) is 9.33. The number of benzene rings is 2. The van der Waals surface area contributed by atoms with E-state index in [2.05, 4.69) is 26.3 Å². The summed E-state index contributed by atoms with van der Waals surface area (Å²) in [5.74, 6) is 0.110. The highest BCUT2D eigenvalue weighted by atomic mass is 16.3. The molecule has 2 aromatic carbocycles. The summed E-state index contributed by atoms with van der Waals surface area (Å²) in [6, 6.07) is 7.67. The van der Waals surface area contributed by atoms with Crippen LogP contribution in [0.2, 0.25) is 0 Å². The monoisotopic (exact) mass is 374 g/mol. The minimum atomic E-state index is -0.255. The van der Waals surface area contributed by atoms with Crippen molar-refractivity contribution in [2.45, 2.75) is 40.5 Å². The Hall–Kier alpha value is -3.00. The van der Waals surface area contributed by atoms with Crippen LogP contribution in [0.4, 0.5) is 0 Å². The highest BCUT2D eigenvalue weighted by Gasteiger charge is 2.22. The largest absolute Gasteiger partial charge is 0.507 e. The number of hydrogen-bond acceptors (Lipinski definition) is 2. The molecule has 0 spiro atoms. The summed E-state index contributed by atoms with van der Waals surface area (Å²) in [7, 11) is 0. The van der Waals surface area contributed by atoms with Gasteiger partial charge in [-0.15, -0.1) is 0 Å². The van der Waals surface area contributed by atoms with Gasteiger partial charge in [0.05, 0.1) is 0 Å². The second-order valence-electron chi connectivity index (χ2n) is 7.77. The van der Waals surface area contributed by atoms with Gasteiger partial charge in [-0.05, 0) is 74.2 Å². The van der Waals surface area contributed by atoms with Crippen LogP contribution in [0, 0.1) is 0 Å². The fourth-order valence-electron chi connectivity index (χ4n) is 3.28. The maximum absolute atomic E-state index is 10.9. The molecule has 2 rings (SSSR count). The summed E-state index contributed by atoms with van der Waals surface area (Å²) >= 11 is 0. The first-order valence-corrected chi connectivity index (χ1v) is 9.33. The van der Waals surface area contributed by atoms with Crippen LogP contribution in [0.1, 0.15) is 73.9 Å². The minimum Gasteiger partial charge on any atom is -0.507 e. The minimum absolute atomic E-state index is 0.182. The van der Waals surface area contributed by atoms with Crippen molar-refractivity contribution in [2.75, 3.05) is 0 Å². The van der Waals surface area contributed by atoms with E-state index in [9.17, 15) is 10.2 Å². The maximum atomic E-state index is 10.9. The Morgan fingerprint density at radius 3 is 1.21 bits per heavy atom. The van der Waals surface area contributed by atoms with Crippen LogP contribution in [0.5, 0.6) is 11.5 Å². The van der Waals surface area contributed by atoms with Crippen LogP contribution >= 0.6 is 0 Å². The molecule has 0 aliphatic carbocycles. The molecule has 2 N–H and O–H groups in total. The molecule has 28 heavy (non-hydrogen) atoms. The first kappa shape index (κ1) is 21.3. The summed E-state index contributed by atoms with van der Waals surface area (Å²) in [6.45, 7) is 25.6. The number of aromatic hydroxyl groups is 2. The molecule has 0 saturated carbocycles. The fraction of sp³-hybridized carbons (Fsp3) is 0.231. The molecule has 0 aromatic heterocycles. The van der Waals surface area contributed by atoms with Gasteiger partial charge in [0.2, 0.25) is 0 Å². The molecule has 0 unspecified atom stereocenters. The smallest absolute Gasteiger partial charge is 0.126 e. The molecule has 0 aliphatic rings. The lowest BCUT2D eigenvalue weighted by Gasteiger charge is -2.22. The van der Waals surface area contributed by atoms with E-state index in [-0.39, 0.29) is 17.4 Å². The van der Waals surface area contributed by atoms with Crippen LogP contribution in [0.3, 0.4) is 0 Å². The number of hydrogen-bond donors (Lipinski definition) is 2. The lowest BCUT2D eigenvalue weighted by atomic mass is 9.84. The van der Waals surface area contributed by atoms with Gasteiger partial charge in [0.15, 0.2) is 0 Å². The van der Waals surface area contributed by atoms with Gasteiger partial charge in [-0.1, -0.05) is 44.4 Å². The second-order valence-corrected chi connectivity index (χ2v) is 7.77.